The van der Waals surface area contributed by atoms with Gasteiger partial charge in [0, 0.05) is 5.56 Å². The zero-order chi connectivity index (χ0) is 13.9. The van der Waals surface area contributed by atoms with Crippen LogP contribution < -0.4 is 4.18 Å². The molecule has 0 atom stereocenters. The third kappa shape index (κ3) is 3.20. The summed E-state index contributed by atoms with van der Waals surface area (Å²) in [5, 5.41) is 0. The first-order chi connectivity index (χ1) is 8.99. The normalized spacial score (nSPS) is 11.0. The van der Waals surface area contributed by atoms with Gasteiger partial charge in [0.1, 0.15) is 10.6 Å². The van der Waals surface area contributed by atoms with Crippen LogP contribution in [0, 0.1) is 0 Å². The van der Waals surface area contributed by atoms with Crippen molar-refractivity contribution >= 4 is 15.9 Å². The quantitative estimate of drug-likeness (QED) is 0.636. The Morgan fingerprint density at radius 2 is 1.68 bits per heavy atom. The van der Waals surface area contributed by atoms with E-state index in [-0.39, 0.29) is 16.4 Å². The molecule has 0 aromatic heterocycles. The number of rotatable bonds is 4. The largest absolute Gasteiger partial charge is 0.379 e. The first-order valence-electron chi connectivity index (χ1n) is 5.59. The molecule has 0 heterocycles. The fourth-order valence-electron chi connectivity index (χ4n) is 1.53. The lowest BCUT2D eigenvalue weighted by Crippen LogP contribution is -2.09. The maximum Gasteiger partial charge on any atom is 0.339 e. The Morgan fingerprint density at radius 1 is 1.00 bits per heavy atom. The molecule has 0 fully saturated rings. The molecular formula is C14H12O4S. The minimum Gasteiger partial charge on any atom is -0.379 e. The van der Waals surface area contributed by atoms with Crippen LogP contribution in [-0.4, -0.2) is 14.2 Å². The second kappa shape index (κ2) is 5.24. The number of hydrogen-bond donors (Lipinski definition) is 0. The van der Waals surface area contributed by atoms with Crippen LogP contribution in [0.4, 0.5) is 0 Å². The van der Waals surface area contributed by atoms with E-state index in [4.69, 9.17) is 4.18 Å². The predicted octanol–water partition coefficient (Wildman–Crippen LogP) is 2.66. The lowest BCUT2D eigenvalue weighted by Gasteiger charge is -2.07. The Morgan fingerprint density at radius 3 is 2.32 bits per heavy atom. The number of hydrogen-bond acceptors (Lipinski definition) is 4. The van der Waals surface area contributed by atoms with Gasteiger partial charge in [-0.3, -0.25) is 4.79 Å². The second-order valence-corrected chi connectivity index (χ2v) is 5.48. The molecule has 0 amide bonds. The van der Waals surface area contributed by atoms with Crippen molar-refractivity contribution < 1.29 is 17.4 Å². The van der Waals surface area contributed by atoms with Crippen molar-refractivity contribution in [2.45, 2.75) is 11.8 Å². The lowest BCUT2D eigenvalue weighted by molar-refractivity contribution is 0.101. The molecular weight excluding hydrogens is 264 g/mol. The highest BCUT2D eigenvalue weighted by Gasteiger charge is 2.16. The van der Waals surface area contributed by atoms with Crippen LogP contribution in [0.5, 0.6) is 5.75 Å². The standard InChI is InChI=1S/C14H12O4S/c1-11(15)12-6-5-7-13(10-12)18-19(16,17)14-8-3-2-4-9-14/h2-10H,1H3. The molecule has 0 aliphatic rings. The lowest BCUT2D eigenvalue weighted by atomic mass is 10.1. The minimum absolute atomic E-state index is 0.0724. The number of carbonyl (C=O) groups excluding carboxylic acids is 1. The second-order valence-electron chi connectivity index (χ2n) is 3.93. The molecule has 0 bridgehead atoms. The van der Waals surface area contributed by atoms with E-state index < -0.39 is 10.1 Å². The Labute approximate surface area is 111 Å². The van der Waals surface area contributed by atoms with E-state index in [9.17, 15) is 13.2 Å². The maximum absolute atomic E-state index is 12.0. The van der Waals surface area contributed by atoms with E-state index in [2.05, 4.69) is 0 Å². The summed E-state index contributed by atoms with van der Waals surface area (Å²) < 4.78 is 28.9. The van der Waals surface area contributed by atoms with Crippen LogP contribution in [0.1, 0.15) is 17.3 Å². The summed E-state index contributed by atoms with van der Waals surface area (Å²) >= 11 is 0. The Bertz CT molecular complexity index is 690. The summed E-state index contributed by atoms with van der Waals surface area (Å²) in [7, 11) is -3.87. The van der Waals surface area contributed by atoms with Gasteiger partial charge in [0.05, 0.1) is 0 Å². The molecule has 0 aliphatic heterocycles. The molecule has 0 radical (unpaired) electrons. The zero-order valence-corrected chi connectivity index (χ0v) is 11.1. The molecule has 4 nitrogen and oxygen atoms in total. The van der Waals surface area contributed by atoms with Crippen molar-refractivity contribution in [3.8, 4) is 5.75 Å². The summed E-state index contributed by atoms with van der Waals surface area (Å²) in [6.45, 7) is 1.41. The SMILES string of the molecule is CC(=O)c1cccc(OS(=O)(=O)c2ccccc2)c1. The summed E-state index contributed by atoms with van der Waals surface area (Å²) in [5.74, 6) is -0.0286. The fourth-order valence-corrected chi connectivity index (χ4v) is 2.47. The van der Waals surface area contributed by atoms with E-state index in [0.29, 0.717) is 5.56 Å². The van der Waals surface area contributed by atoms with Crippen LogP contribution in [0.3, 0.4) is 0 Å². The smallest absolute Gasteiger partial charge is 0.339 e. The molecule has 0 N–H and O–H groups in total. The van der Waals surface area contributed by atoms with Crippen LogP contribution in [-0.2, 0) is 10.1 Å². The number of Topliss-reactive ketones (excluding diaryl/α,β-unsaturated/α-hetero) is 1. The van der Waals surface area contributed by atoms with Gasteiger partial charge in [-0.1, -0.05) is 30.3 Å². The van der Waals surface area contributed by atoms with Gasteiger partial charge in [0.2, 0.25) is 0 Å². The topological polar surface area (TPSA) is 60.4 Å². The molecule has 0 aliphatic carbocycles. The van der Waals surface area contributed by atoms with Crippen LogP contribution in [0.2, 0.25) is 0 Å². The van der Waals surface area contributed by atoms with E-state index >= 15 is 0 Å². The first-order valence-corrected chi connectivity index (χ1v) is 7.00. The van der Waals surface area contributed by atoms with E-state index in [1.165, 1.54) is 31.2 Å². The number of carbonyl (C=O) groups is 1. The average Bonchev–Trinajstić information content (AvgIpc) is 2.39. The highest BCUT2D eigenvalue weighted by molar-refractivity contribution is 7.87. The minimum atomic E-state index is -3.87. The highest BCUT2D eigenvalue weighted by Crippen LogP contribution is 2.19. The summed E-state index contributed by atoms with van der Waals surface area (Å²) in [6.07, 6.45) is 0. The number of ketones is 1. The van der Waals surface area contributed by atoms with Crippen LogP contribution in [0.25, 0.3) is 0 Å². The first kappa shape index (κ1) is 13.3. The Kier molecular flexibility index (Phi) is 3.66. The molecule has 0 saturated heterocycles. The van der Waals surface area contributed by atoms with Crippen molar-refractivity contribution in [2.24, 2.45) is 0 Å². The predicted molar refractivity (Wildman–Crippen MR) is 70.7 cm³/mol. The number of benzene rings is 2. The van der Waals surface area contributed by atoms with Crippen molar-refractivity contribution in [1.82, 2.24) is 0 Å². The van der Waals surface area contributed by atoms with E-state index in [0.717, 1.165) is 0 Å². The zero-order valence-electron chi connectivity index (χ0n) is 10.2. The molecule has 2 rings (SSSR count). The van der Waals surface area contributed by atoms with Crippen molar-refractivity contribution in [3.05, 3.63) is 60.2 Å². The van der Waals surface area contributed by atoms with Crippen molar-refractivity contribution in [1.29, 1.82) is 0 Å². The molecule has 19 heavy (non-hydrogen) atoms. The van der Waals surface area contributed by atoms with Gasteiger partial charge < -0.3 is 4.18 Å². The highest BCUT2D eigenvalue weighted by atomic mass is 32.2. The third-order valence-electron chi connectivity index (χ3n) is 2.48. The molecule has 2 aromatic carbocycles. The molecule has 0 saturated carbocycles. The van der Waals surface area contributed by atoms with E-state index in [1.807, 2.05) is 0 Å². The molecule has 0 spiro atoms. The summed E-state index contributed by atoms with van der Waals surface area (Å²) in [5.41, 5.74) is 0.403. The van der Waals surface area contributed by atoms with E-state index in [1.54, 1.807) is 30.3 Å². The third-order valence-corrected chi connectivity index (χ3v) is 3.74. The fraction of sp³-hybridized carbons (Fsp3) is 0.0714. The maximum atomic E-state index is 12.0. The van der Waals surface area contributed by atoms with Crippen molar-refractivity contribution in [2.75, 3.05) is 0 Å². The van der Waals surface area contributed by atoms with Gasteiger partial charge >= 0.3 is 10.1 Å². The molecule has 0 unspecified atom stereocenters. The molecule has 5 heteroatoms. The van der Waals surface area contributed by atoms with Crippen molar-refractivity contribution in [3.63, 3.8) is 0 Å². The van der Waals surface area contributed by atoms with Crippen LogP contribution >= 0.6 is 0 Å². The monoisotopic (exact) mass is 276 g/mol. The van der Waals surface area contributed by atoms with Gasteiger partial charge in [-0.05, 0) is 31.2 Å². The summed E-state index contributed by atoms with van der Waals surface area (Å²) in [6, 6.07) is 13.9. The van der Waals surface area contributed by atoms with Gasteiger partial charge in [-0.15, -0.1) is 0 Å². The Hall–Kier alpha value is -2.14. The average molecular weight is 276 g/mol. The van der Waals surface area contributed by atoms with Gasteiger partial charge in [0.15, 0.2) is 5.78 Å². The van der Waals surface area contributed by atoms with Gasteiger partial charge in [0.25, 0.3) is 0 Å². The molecule has 98 valence electrons. The Balaban J connectivity index is 2.31. The van der Waals surface area contributed by atoms with Gasteiger partial charge in [-0.25, -0.2) is 0 Å². The van der Waals surface area contributed by atoms with Gasteiger partial charge in [-0.2, -0.15) is 8.42 Å². The van der Waals surface area contributed by atoms with Crippen LogP contribution in [0.15, 0.2) is 59.5 Å². The summed E-state index contributed by atoms with van der Waals surface area (Å²) in [4.78, 5) is 11.3. The molecule has 2 aromatic rings.